The molecule has 2 heteroatoms. The van der Waals surface area contributed by atoms with Gasteiger partial charge in [0.15, 0.2) is 0 Å². The summed E-state index contributed by atoms with van der Waals surface area (Å²) in [4.78, 5) is 2.58. The van der Waals surface area contributed by atoms with Gasteiger partial charge >= 0.3 is 0 Å². The molecule has 2 aromatic rings. The maximum atomic E-state index is 9.48. The summed E-state index contributed by atoms with van der Waals surface area (Å²) in [7, 11) is 0. The standard InChI is InChI=1S/C19H23NO/c1-2-19(16-9-11-18(21)12-10-16)20-13-5-8-15-6-3-4-7-17(15)14-20/h3-4,6-7,9-12,19,21H,2,5,8,13-14H2,1H3. The number of fused-ring (bicyclic) bond motifs is 1. The quantitative estimate of drug-likeness (QED) is 0.907. The minimum Gasteiger partial charge on any atom is -0.508 e. The average molecular weight is 281 g/mol. The van der Waals surface area contributed by atoms with E-state index in [2.05, 4.69) is 48.2 Å². The van der Waals surface area contributed by atoms with Gasteiger partial charge in [0.05, 0.1) is 0 Å². The van der Waals surface area contributed by atoms with Crippen LogP contribution in [0.25, 0.3) is 0 Å². The Balaban J connectivity index is 1.86. The molecule has 2 aromatic carbocycles. The van der Waals surface area contributed by atoms with Crippen LogP contribution in [0.5, 0.6) is 5.75 Å². The molecule has 1 N–H and O–H groups in total. The van der Waals surface area contributed by atoms with Crippen molar-refractivity contribution >= 4 is 0 Å². The molecule has 21 heavy (non-hydrogen) atoms. The highest BCUT2D eigenvalue weighted by Crippen LogP contribution is 2.30. The molecule has 0 amide bonds. The van der Waals surface area contributed by atoms with Crippen molar-refractivity contribution in [3.05, 3.63) is 65.2 Å². The number of phenols is 1. The van der Waals surface area contributed by atoms with Crippen LogP contribution >= 0.6 is 0 Å². The van der Waals surface area contributed by atoms with Crippen molar-refractivity contribution in [2.45, 2.75) is 38.8 Å². The minimum absolute atomic E-state index is 0.342. The maximum Gasteiger partial charge on any atom is 0.115 e. The van der Waals surface area contributed by atoms with Crippen molar-refractivity contribution in [1.82, 2.24) is 4.90 Å². The Hall–Kier alpha value is -1.80. The van der Waals surface area contributed by atoms with Gasteiger partial charge in [0.2, 0.25) is 0 Å². The molecule has 0 spiro atoms. The van der Waals surface area contributed by atoms with E-state index < -0.39 is 0 Å². The highest BCUT2D eigenvalue weighted by atomic mass is 16.3. The average Bonchev–Trinajstić information content (AvgIpc) is 2.72. The lowest BCUT2D eigenvalue weighted by atomic mass is 10.0. The van der Waals surface area contributed by atoms with Crippen molar-refractivity contribution in [2.24, 2.45) is 0 Å². The van der Waals surface area contributed by atoms with Crippen LogP contribution in [0.15, 0.2) is 48.5 Å². The predicted molar refractivity (Wildman–Crippen MR) is 86.3 cm³/mol. The lowest BCUT2D eigenvalue weighted by Crippen LogP contribution is -2.28. The number of aryl methyl sites for hydroxylation is 1. The van der Waals surface area contributed by atoms with Gasteiger partial charge in [-0.15, -0.1) is 0 Å². The van der Waals surface area contributed by atoms with Gasteiger partial charge in [-0.25, -0.2) is 0 Å². The lowest BCUT2D eigenvalue weighted by Gasteiger charge is -2.30. The van der Waals surface area contributed by atoms with Gasteiger partial charge in [0, 0.05) is 12.6 Å². The summed E-state index contributed by atoms with van der Waals surface area (Å²) >= 11 is 0. The Morgan fingerprint density at radius 2 is 1.76 bits per heavy atom. The van der Waals surface area contributed by atoms with Crippen LogP contribution in [0.3, 0.4) is 0 Å². The van der Waals surface area contributed by atoms with Crippen LogP contribution in [0.1, 0.15) is 42.5 Å². The molecule has 1 atom stereocenters. The SMILES string of the molecule is CCC(c1ccc(O)cc1)N1CCCc2ccccc2C1. The van der Waals surface area contributed by atoms with E-state index >= 15 is 0 Å². The molecule has 1 aliphatic heterocycles. The summed E-state index contributed by atoms with van der Waals surface area (Å²) in [6, 6.07) is 16.9. The summed E-state index contributed by atoms with van der Waals surface area (Å²) in [5.74, 6) is 0.342. The van der Waals surface area contributed by atoms with Crippen LogP contribution in [0.2, 0.25) is 0 Å². The van der Waals surface area contributed by atoms with Crippen LogP contribution < -0.4 is 0 Å². The first-order valence-corrected chi connectivity index (χ1v) is 7.87. The molecule has 0 aliphatic carbocycles. The fourth-order valence-corrected chi connectivity index (χ4v) is 3.39. The van der Waals surface area contributed by atoms with Crippen LogP contribution in [-0.4, -0.2) is 16.6 Å². The molecule has 110 valence electrons. The Labute approximate surface area is 127 Å². The fourth-order valence-electron chi connectivity index (χ4n) is 3.39. The van der Waals surface area contributed by atoms with Crippen molar-refractivity contribution in [2.75, 3.05) is 6.54 Å². The van der Waals surface area contributed by atoms with Gasteiger partial charge in [0.25, 0.3) is 0 Å². The monoisotopic (exact) mass is 281 g/mol. The molecule has 2 nitrogen and oxygen atoms in total. The largest absolute Gasteiger partial charge is 0.508 e. The number of aromatic hydroxyl groups is 1. The Morgan fingerprint density at radius 3 is 2.48 bits per heavy atom. The van der Waals surface area contributed by atoms with Crippen molar-refractivity contribution < 1.29 is 5.11 Å². The second-order valence-corrected chi connectivity index (χ2v) is 5.86. The first-order chi connectivity index (χ1) is 10.3. The zero-order valence-electron chi connectivity index (χ0n) is 12.6. The minimum atomic E-state index is 0.342. The van der Waals surface area contributed by atoms with Gasteiger partial charge in [-0.2, -0.15) is 0 Å². The topological polar surface area (TPSA) is 23.5 Å². The molecule has 1 aliphatic rings. The molecule has 3 rings (SSSR count). The Kier molecular flexibility index (Phi) is 4.26. The zero-order valence-corrected chi connectivity index (χ0v) is 12.6. The third-order valence-corrected chi connectivity index (χ3v) is 4.49. The normalized spacial score (nSPS) is 17.0. The Bertz CT molecular complexity index is 591. The number of benzene rings is 2. The molecule has 0 saturated heterocycles. The van der Waals surface area contributed by atoms with Crippen molar-refractivity contribution in [3.63, 3.8) is 0 Å². The van der Waals surface area contributed by atoms with Gasteiger partial charge in [-0.05, 0) is 54.6 Å². The molecule has 0 radical (unpaired) electrons. The van der Waals surface area contributed by atoms with Gasteiger partial charge < -0.3 is 5.11 Å². The summed E-state index contributed by atoms with van der Waals surface area (Å²) in [5.41, 5.74) is 4.27. The third kappa shape index (κ3) is 3.11. The van der Waals surface area contributed by atoms with E-state index in [-0.39, 0.29) is 0 Å². The van der Waals surface area contributed by atoms with Crippen LogP contribution in [-0.2, 0) is 13.0 Å². The number of hydrogen-bond donors (Lipinski definition) is 1. The molecule has 1 heterocycles. The van der Waals surface area contributed by atoms with E-state index in [1.54, 1.807) is 12.1 Å². The van der Waals surface area contributed by atoms with Gasteiger partial charge in [-0.1, -0.05) is 43.3 Å². The second-order valence-electron chi connectivity index (χ2n) is 5.86. The second kappa shape index (κ2) is 6.31. The van der Waals surface area contributed by atoms with Gasteiger partial charge in [0.1, 0.15) is 5.75 Å². The number of phenolic OH excluding ortho intramolecular Hbond substituents is 1. The molecule has 0 aromatic heterocycles. The van der Waals surface area contributed by atoms with E-state index in [1.165, 1.54) is 29.5 Å². The molecular weight excluding hydrogens is 258 g/mol. The molecule has 1 unspecified atom stereocenters. The van der Waals surface area contributed by atoms with E-state index in [9.17, 15) is 5.11 Å². The van der Waals surface area contributed by atoms with Crippen molar-refractivity contribution in [1.29, 1.82) is 0 Å². The first kappa shape index (κ1) is 14.2. The highest BCUT2D eigenvalue weighted by molar-refractivity contribution is 5.30. The van der Waals surface area contributed by atoms with E-state index in [4.69, 9.17) is 0 Å². The lowest BCUT2D eigenvalue weighted by molar-refractivity contribution is 0.186. The molecule has 0 saturated carbocycles. The summed E-state index contributed by atoms with van der Waals surface area (Å²) in [6.45, 7) is 4.40. The van der Waals surface area contributed by atoms with Crippen LogP contribution in [0.4, 0.5) is 0 Å². The molecular formula is C19H23NO. The molecule has 0 fully saturated rings. The van der Waals surface area contributed by atoms with E-state index in [0.29, 0.717) is 11.8 Å². The van der Waals surface area contributed by atoms with Crippen molar-refractivity contribution in [3.8, 4) is 5.75 Å². The van der Waals surface area contributed by atoms with Crippen LogP contribution in [0, 0.1) is 0 Å². The number of hydrogen-bond acceptors (Lipinski definition) is 2. The summed E-state index contributed by atoms with van der Waals surface area (Å²) in [6.07, 6.45) is 3.48. The number of rotatable bonds is 3. The smallest absolute Gasteiger partial charge is 0.115 e. The molecule has 0 bridgehead atoms. The zero-order chi connectivity index (χ0) is 14.7. The maximum absolute atomic E-state index is 9.48. The van der Waals surface area contributed by atoms with E-state index in [0.717, 1.165) is 19.5 Å². The Morgan fingerprint density at radius 1 is 1.05 bits per heavy atom. The fraction of sp³-hybridized carbons (Fsp3) is 0.368. The van der Waals surface area contributed by atoms with Gasteiger partial charge in [-0.3, -0.25) is 4.90 Å². The van der Waals surface area contributed by atoms with E-state index in [1.807, 2.05) is 0 Å². The first-order valence-electron chi connectivity index (χ1n) is 7.87. The number of nitrogens with zero attached hydrogens (tertiary/aromatic N) is 1. The predicted octanol–water partition coefficient (Wildman–Crippen LogP) is 4.29. The third-order valence-electron chi connectivity index (χ3n) is 4.49. The highest BCUT2D eigenvalue weighted by Gasteiger charge is 2.22. The summed E-state index contributed by atoms with van der Waals surface area (Å²) < 4.78 is 0. The summed E-state index contributed by atoms with van der Waals surface area (Å²) in [5, 5.41) is 9.48.